The van der Waals surface area contributed by atoms with Crippen molar-refractivity contribution in [1.29, 1.82) is 0 Å². The molecule has 1 unspecified atom stereocenters. The number of aryl methyl sites for hydroxylation is 1. The maximum atomic E-state index is 12.7. The molecule has 1 fully saturated rings. The van der Waals surface area contributed by atoms with Crippen LogP contribution in [-0.2, 0) is 11.2 Å². The average Bonchev–Trinajstić information content (AvgIpc) is 2.71. The molecule has 1 aliphatic carbocycles. The number of hydrogen-bond acceptors (Lipinski definition) is 2. The second kappa shape index (κ2) is 7.06. The molecule has 1 heterocycles. The number of piperidine rings is 1. The smallest absolute Gasteiger partial charge is 0.317 e. The Balaban J connectivity index is 1.70. The van der Waals surface area contributed by atoms with Gasteiger partial charge in [-0.3, -0.25) is 4.79 Å². The lowest BCUT2D eigenvalue weighted by atomic mass is 9.83. The number of aliphatic carboxylic acids is 1. The predicted octanol–water partition coefficient (Wildman–Crippen LogP) is 3.60. The van der Waals surface area contributed by atoms with Crippen molar-refractivity contribution < 1.29 is 14.7 Å². The Morgan fingerprint density at radius 3 is 2.56 bits per heavy atom. The minimum atomic E-state index is -0.750. The number of fused-ring (bicyclic) bond motifs is 1. The number of nitrogens with zero attached hydrogens (tertiary/aromatic N) is 1. The van der Waals surface area contributed by atoms with Gasteiger partial charge in [-0.25, -0.2) is 4.79 Å². The standard InChI is InChI=1S/C20H28N2O3/c1-20(2)10-7-14-5-3-4-6-16(14)17(13-20)21-19(25)22-11-8-15(9-12-22)18(23)24/h3-6,15,17H,7-13H2,1-2H3,(H,21,25)(H,23,24). The normalized spacial score (nSPS) is 23.4. The van der Waals surface area contributed by atoms with Gasteiger partial charge in [-0.1, -0.05) is 38.1 Å². The molecule has 0 aromatic heterocycles. The highest BCUT2D eigenvalue weighted by Crippen LogP contribution is 2.39. The monoisotopic (exact) mass is 344 g/mol. The van der Waals surface area contributed by atoms with Crippen molar-refractivity contribution in [3.8, 4) is 0 Å². The zero-order chi connectivity index (χ0) is 18.0. The average molecular weight is 344 g/mol. The number of hydrogen-bond donors (Lipinski definition) is 2. The number of benzene rings is 1. The molecule has 3 rings (SSSR count). The molecule has 1 saturated heterocycles. The molecule has 136 valence electrons. The third-order valence-corrected chi connectivity index (χ3v) is 5.69. The van der Waals surface area contributed by atoms with E-state index in [4.69, 9.17) is 5.11 Å². The van der Waals surface area contributed by atoms with E-state index in [0.29, 0.717) is 25.9 Å². The van der Waals surface area contributed by atoms with Crippen LogP contribution < -0.4 is 5.32 Å². The second-order valence-corrected chi connectivity index (χ2v) is 8.17. The van der Waals surface area contributed by atoms with Gasteiger partial charge in [-0.05, 0) is 48.6 Å². The third kappa shape index (κ3) is 4.14. The van der Waals surface area contributed by atoms with Crippen molar-refractivity contribution in [2.75, 3.05) is 13.1 Å². The Bertz CT molecular complexity index is 648. The molecule has 0 radical (unpaired) electrons. The zero-order valence-electron chi connectivity index (χ0n) is 15.1. The van der Waals surface area contributed by atoms with Crippen molar-refractivity contribution >= 4 is 12.0 Å². The molecule has 1 aromatic carbocycles. The first-order chi connectivity index (χ1) is 11.9. The van der Waals surface area contributed by atoms with Crippen molar-refractivity contribution in [3.63, 3.8) is 0 Å². The van der Waals surface area contributed by atoms with Crippen molar-refractivity contribution in [2.45, 2.75) is 52.0 Å². The van der Waals surface area contributed by atoms with E-state index >= 15 is 0 Å². The molecule has 1 atom stereocenters. The minimum absolute atomic E-state index is 0.0124. The number of likely N-dealkylation sites (tertiary alicyclic amines) is 1. The highest BCUT2D eigenvalue weighted by atomic mass is 16.4. The number of nitrogens with one attached hydrogen (secondary N) is 1. The van der Waals surface area contributed by atoms with E-state index in [1.807, 2.05) is 6.07 Å². The SMILES string of the molecule is CC1(C)CCc2ccccc2C(NC(=O)N2CCC(C(=O)O)CC2)C1. The van der Waals surface area contributed by atoms with Gasteiger partial charge in [0.2, 0.25) is 0 Å². The van der Waals surface area contributed by atoms with Gasteiger partial charge in [0.05, 0.1) is 12.0 Å². The zero-order valence-corrected chi connectivity index (χ0v) is 15.1. The number of carboxylic acid groups (broad SMARTS) is 1. The van der Waals surface area contributed by atoms with Gasteiger partial charge in [0.25, 0.3) is 0 Å². The lowest BCUT2D eigenvalue weighted by Gasteiger charge is -2.33. The van der Waals surface area contributed by atoms with Gasteiger partial charge in [0.15, 0.2) is 0 Å². The topological polar surface area (TPSA) is 69.6 Å². The van der Waals surface area contributed by atoms with E-state index in [2.05, 4.69) is 37.4 Å². The molecule has 0 bridgehead atoms. The lowest BCUT2D eigenvalue weighted by Crippen LogP contribution is -2.46. The quantitative estimate of drug-likeness (QED) is 0.806. The Kier molecular flexibility index (Phi) is 5.02. The number of amides is 2. The first-order valence-corrected chi connectivity index (χ1v) is 9.22. The summed E-state index contributed by atoms with van der Waals surface area (Å²) in [5.41, 5.74) is 2.72. The fourth-order valence-corrected chi connectivity index (χ4v) is 4.04. The Morgan fingerprint density at radius 2 is 1.88 bits per heavy atom. The maximum absolute atomic E-state index is 12.7. The Labute approximate surface area is 149 Å². The van der Waals surface area contributed by atoms with Crippen LogP contribution in [0.1, 0.15) is 56.7 Å². The fourth-order valence-electron chi connectivity index (χ4n) is 4.04. The number of rotatable bonds is 2. The number of carbonyl (C=O) groups excluding carboxylic acids is 1. The molecule has 0 spiro atoms. The van der Waals surface area contributed by atoms with E-state index < -0.39 is 5.97 Å². The minimum Gasteiger partial charge on any atom is -0.481 e. The van der Waals surface area contributed by atoms with Gasteiger partial charge in [0, 0.05) is 13.1 Å². The van der Waals surface area contributed by atoms with Gasteiger partial charge < -0.3 is 15.3 Å². The predicted molar refractivity (Wildman–Crippen MR) is 96.4 cm³/mol. The van der Waals surface area contributed by atoms with E-state index in [1.165, 1.54) is 11.1 Å². The maximum Gasteiger partial charge on any atom is 0.317 e. The first kappa shape index (κ1) is 17.8. The Morgan fingerprint density at radius 1 is 1.20 bits per heavy atom. The molecular weight excluding hydrogens is 316 g/mol. The molecule has 1 aromatic rings. The molecule has 2 amide bonds. The van der Waals surface area contributed by atoms with Crippen molar-refractivity contribution in [1.82, 2.24) is 10.2 Å². The summed E-state index contributed by atoms with van der Waals surface area (Å²) in [6.45, 7) is 5.55. The van der Waals surface area contributed by atoms with Crippen LogP contribution in [0.25, 0.3) is 0 Å². The van der Waals surface area contributed by atoms with E-state index in [-0.39, 0.29) is 23.4 Å². The highest BCUT2D eigenvalue weighted by Gasteiger charge is 2.32. The Hall–Kier alpha value is -2.04. The lowest BCUT2D eigenvalue weighted by molar-refractivity contribution is -0.143. The number of carbonyl (C=O) groups is 2. The molecule has 2 aliphatic rings. The second-order valence-electron chi connectivity index (χ2n) is 8.17. The van der Waals surface area contributed by atoms with Gasteiger partial charge in [-0.15, -0.1) is 0 Å². The van der Waals surface area contributed by atoms with Gasteiger partial charge in [0.1, 0.15) is 0 Å². The summed E-state index contributed by atoms with van der Waals surface area (Å²) in [7, 11) is 0. The van der Waals surface area contributed by atoms with Crippen LogP contribution in [0.4, 0.5) is 4.79 Å². The molecule has 5 heteroatoms. The van der Waals surface area contributed by atoms with Crippen LogP contribution in [-0.4, -0.2) is 35.1 Å². The summed E-state index contributed by atoms with van der Waals surface area (Å²) < 4.78 is 0. The van der Waals surface area contributed by atoms with Crippen molar-refractivity contribution in [2.24, 2.45) is 11.3 Å². The van der Waals surface area contributed by atoms with Crippen LogP contribution in [0.3, 0.4) is 0 Å². The van der Waals surface area contributed by atoms with Crippen LogP contribution in [0.5, 0.6) is 0 Å². The van der Waals surface area contributed by atoms with E-state index in [1.54, 1.807) is 4.90 Å². The van der Waals surface area contributed by atoms with Crippen molar-refractivity contribution in [3.05, 3.63) is 35.4 Å². The summed E-state index contributed by atoms with van der Waals surface area (Å²) in [4.78, 5) is 25.6. The van der Waals surface area contributed by atoms with Crippen LogP contribution in [0, 0.1) is 11.3 Å². The van der Waals surface area contributed by atoms with Crippen LogP contribution >= 0.6 is 0 Å². The van der Waals surface area contributed by atoms with E-state index in [0.717, 1.165) is 19.3 Å². The summed E-state index contributed by atoms with van der Waals surface area (Å²) in [6, 6.07) is 8.33. The molecule has 5 nitrogen and oxygen atoms in total. The summed E-state index contributed by atoms with van der Waals surface area (Å²) in [5.74, 6) is -1.07. The molecule has 2 N–H and O–H groups in total. The van der Waals surface area contributed by atoms with Gasteiger partial charge >= 0.3 is 12.0 Å². The first-order valence-electron chi connectivity index (χ1n) is 9.22. The number of carboxylic acids is 1. The van der Waals surface area contributed by atoms with Crippen LogP contribution in [0.2, 0.25) is 0 Å². The van der Waals surface area contributed by atoms with Crippen LogP contribution in [0.15, 0.2) is 24.3 Å². The van der Waals surface area contributed by atoms with Gasteiger partial charge in [-0.2, -0.15) is 0 Å². The van der Waals surface area contributed by atoms with E-state index in [9.17, 15) is 9.59 Å². The molecule has 0 saturated carbocycles. The summed E-state index contributed by atoms with van der Waals surface area (Å²) >= 11 is 0. The number of urea groups is 1. The summed E-state index contributed by atoms with van der Waals surface area (Å²) in [5, 5.41) is 12.3. The fraction of sp³-hybridized carbons (Fsp3) is 0.600. The molecule has 1 aliphatic heterocycles. The molecular formula is C20H28N2O3. The largest absolute Gasteiger partial charge is 0.481 e. The third-order valence-electron chi connectivity index (χ3n) is 5.69. The molecule has 25 heavy (non-hydrogen) atoms. The highest BCUT2D eigenvalue weighted by molar-refractivity contribution is 5.76. The summed E-state index contributed by atoms with van der Waals surface area (Å²) in [6.07, 6.45) is 4.15.